The molecule has 0 unspecified atom stereocenters. The zero-order valence-corrected chi connectivity index (χ0v) is 13.2. The Morgan fingerprint density at radius 1 is 1.27 bits per heavy atom. The number of rotatable bonds is 5. The summed E-state index contributed by atoms with van der Waals surface area (Å²) in [6.45, 7) is 3.91. The third-order valence-corrected chi connectivity index (χ3v) is 3.35. The number of aromatic nitrogens is 1. The fraction of sp³-hybridized carbons (Fsp3) is 0.250. The summed E-state index contributed by atoms with van der Waals surface area (Å²) in [6.07, 6.45) is 1.69. The van der Waals surface area contributed by atoms with Crippen LogP contribution in [0.5, 0.6) is 0 Å². The summed E-state index contributed by atoms with van der Waals surface area (Å²) in [4.78, 5) is 28.0. The third kappa shape index (κ3) is 3.89. The minimum absolute atomic E-state index is 0.0961. The topological polar surface area (TPSA) is 62.4 Å². The number of carbonyl (C=O) groups is 2. The van der Waals surface area contributed by atoms with E-state index in [1.54, 1.807) is 48.4 Å². The van der Waals surface area contributed by atoms with E-state index in [4.69, 9.17) is 16.3 Å². The minimum atomic E-state index is -0.408. The maximum absolute atomic E-state index is 11.9. The van der Waals surface area contributed by atoms with Crippen molar-refractivity contribution in [3.63, 3.8) is 0 Å². The molecule has 0 aliphatic rings. The molecule has 1 amide bonds. The zero-order valence-electron chi connectivity index (χ0n) is 12.4. The molecule has 2 aromatic rings. The van der Waals surface area contributed by atoms with Crippen LogP contribution in [0.25, 0.3) is 0 Å². The Bertz CT molecular complexity index is 664. The summed E-state index contributed by atoms with van der Waals surface area (Å²) in [7, 11) is 0. The standard InChI is InChI=1S/C16H17ClN2O3/c1-3-22-16(21)15-8-12(9-18-15)10-19(11(2)20)14-6-4-13(17)5-7-14/h4-9,18H,3,10H2,1-2H3. The lowest BCUT2D eigenvalue weighted by Gasteiger charge is -2.20. The molecule has 0 radical (unpaired) electrons. The van der Waals surface area contributed by atoms with Crippen LogP contribution in [0, 0.1) is 0 Å². The number of amides is 1. The van der Waals surface area contributed by atoms with Gasteiger partial charge >= 0.3 is 5.97 Å². The van der Waals surface area contributed by atoms with Gasteiger partial charge < -0.3 is 14.6 Å². The van der Waals surface area contributed by atoms with Gasteiger partial charge in [0.15, 0.2) is 0 Å². The van der Waals surface area contributed by atoms with Gasteiger partial charge in [-0.1, -0.05) is 11.6 Å². The first-order valence-electron chi connectivity index (χ1n) is 6.89. The number of nitrogens with zero attached hydrogens (tertiary/aromatic N) is 1. The Kier molecular flexibility index (Phi) is 5.22. The Hall–Kier alpha value is -2.27. The molecular formula is C16H17ClN2O3. The summed E-state index contributed by atoms with van der Waals surface area (Å²) < 4.78 is 4.93. The quantitative estimate of drug-likeness (QED) is 0.859. The van der Waals surface area contributed by atoms with Gasteiger partial charge in [0.1, 0.15) is 5.69 Å². The van der Waals surface area contributed by atoms with Crippen molar-refractivity contribution in [2.75, 3.05) is 11.5 Å². The van der Waals surface area contributed by atoms with Crippen LogP contribution >= 0.6 is 11.6 Å². The van der Waals surface area contributed by atoms with Crippen LogP contribution in [-0.4, -0.2) is 23.5 Å². The third-order valence-electron chi connectivity index (χ3n) is 3.10. The highest BCUT2D eigenvalue weighted by atomic mass is 35.5. The van der Waals surface area contributed by atoms with E-state index in [9.17, 15) is 9.59 Å². The number of esters is 1. The lowest BCUT2D eigenvalue weighted by atomic mass is 10.2. The second-order valence-corrected chi connectivity index (χ2v) is 5.16. The summed E-state index contributed by atoms with van der Waals surface area (Å²) in [5.41, 5.74) is 1.93. The SMILES string of the molecule is CCOC(=O)c1cc(CN(C(C)=O)c2ccc(Cl)cc2)c[nH]1. The van der Waals surface area contributed by atoms with E-state index in [0.717, 1.165) is 11.3 Å². The normalized spacial score (nSPS) is 10.3. The van der Waals surface area contributed by atoms with Crippen LogP contribution in [-0.2, 0) is 16.1 Å². The predicted octanol–water partition coefficient (Wildman–Crippen LogP) is 3.40. The van der Waals surface area contributed by atoms with Gasteiger partial charge in [0.2, 0.25) is 5.91 Å². The molecule has 22 heavy (non-hydrogen) atoms. The van der Waals surface area contributed by atoms with Crippen LogP contribution in [0.1, 0.15) is 29.9 Å². The zero-order chi connectivity index (χ0) is 16.1. The van der Waals surface area contributed by atoms with Crippen LogP contribution < -0.4 is 4.90 Å². The number of benzene rings is 1. The molecular weight excluding hydrogens is 304 g/mol. The van der Waals surface area contributed by atoms with Gasteiger partial charge in [-0.3, -0.25) is 4.79 Å². The molecule has 0 aliphatic carbocycles. The smallest absolute Gasteiger partial charge is 0.354 e. The molecule has 0 saturated heterocycles. The number of nitrogens with one attached hydrogen (secondary N) is 1. The van der Waals surface area contributed by atoms with Crippen molar-refractivity contribution >= 4 is 29.2 Å². The Morgan fingerprint density at radius 2 is 1.95 bits per heavy atom. The molecule has 1 aromatic carbocycles. The average Bonchev–Trinajstić information content (AvgIpc) is 2.95. The number of aromatic amines is 1. The van der Waals surface area contributed by atoms with Crippen molar-refractivity contribution in [2.24, 2.45) is 0 Å². The lowest BCUT2D eigenvalue weighted by molar-refractivity contribution is -0.116. The second-order valence-electron chi connectivity index (χ2n) is 4.72. The Morgan fingerprint density at radius 3 is 2.55 bits per heavy atom. The number of carbonyl (C=O) groups excluding carboxylic acids is 2. The first-order valence-corrected chi connectivity index (χ1v) is 7.27. The van der Waals surface area contributed by atoms with E-state index in [1.807, 2.05) is 0 Å². The lowest BCUT2D eigenvalue weighted by Crippen LogP contribution is -2.27. The van der Waals surface area contributed by atoms with Crippen LogP contribution in [0.4, 0.5) is 5.69 Å². The summed E-state index contributed by atoms with van der Waals surface area (Å²) in [5, 5.41) is 0.610. The van der Waals surface area contributed by atoms with Crippen molar-refractivity contribution in [2.45, 2.75) is 20.4 Å². The number of H-pyrrole nitrogens is 1. The molecule has 0 spiro atoms. The highest BCUT2D eigenvalue weighted by Gasteiger charge is 2.15. The summed E-state index contributed by atoms with van der Waals surface area (Å²) in [6, 6.07) is 8.71. The van der Waals surface area contributed by atoms with E-state index >= 15 is 0 Å². The fourth-order valence-corrected chi connectivity index (χ4v) is 2.17. The molecule has 1 aromatic heterocycles. The van der Waals surface area contributed by atoms with Crippen molar-refractivity contribution in [3.8, 4) is 0 Å². The largest absolute Gasteiger partial charge is 0.461 e. The molecule has 0 fully saturated rings. The van der Waals surface area contributed by atoms with Gasteiger partial charge in [0, 0.05) is 23.8 Å². The van der Waals surface area contributed by atoms with Crippen molar-refractivity contribution in [3.05, 3.63) is 52.8 Å². The Labute approximate surface area is 133 Å². The van der Waals surface area contributed by atoms with E-state index < -0.39 is 5.97 Å². The maximum Gasteiger partial charge on any atom is 0.354 e. The summed E-state index contributed by atoms with van der Waals surface area (Å²) in [5.74, 6) is -0.504. The molecule has 2 rings (SSSR count). The molecule has 0 saturated carbocycles. The molecule has 0 atom stereocenters. The monoisotopic (exact) mass is 320 g/mol. The van der Waals surface area contributed by atoms with Crippen molar-refractivity contribution in [1.82, 2.24) is 4.98 Å². The van der Waals surface area contributed by atoms with E-state index in [1.165, 1.54) is 6.92 Å². The van der Waals surface area contributed by atoms with E-state index in [2.05, 4.69) is 4.98 Å². The number of anilines is 1. The van der Waals surface area contributed by atoms with Gasteiger partial charge in [-0.15, -0.1) is 0 Å². The van der Waals surface area contributed by atoms with Gasteiger partial charge in [-0.25, -0.2) is 4.79 Å². The minimum Gasteiger partial charge on any atom is -0.461 e. The predicted molar refractivity (Wildman–Crippen MR) is 85.1 cm³/mol. The molecule has 6 heteroatoms. The molecule has 1 N–H and O–H groups in total. The second kappa shape index (κ2) is 7.13. The molecule has 0 aliphatic heterocycles. The number of ether oxygens (including phenoxy) is 1. The van der Waals surface area contributed by atoms with E-state index in [-0.39, 0.29) is 5.91 Å². The Balaban J connectivity index is 2.17. The number of hydrogen-bond donors (Lipinski definition) is 1. The van der Waals surface area contributed by atoms with Gasteiger partial charge in [0.25, 0.3) is 0 Å². The maximum atomic E-state index is 11.9. The van der Waals surface area contributed by atoms with Crippen LogP contribution in [0.3, 0.4) is 0 Å². The van der Waals surface area contributed by atoms with Gasteiger partial charge in [-0.05, 0) is 42.8 Å². The van der Waals surface area contributed by atoms with Crippen molar-refractivity contribution in [1.29, 1.82) is 0 Å². The molecule has 5 nitrogen and oxygen atoms in total. The summed E-state index contributed by atoms with van der Waals surface area (Å²) >= 11 is 5.86. The highest BCUT2D eigenvalue weighted by molar-refractivity contribution is 6.30. The molecule has 116 valence electrons. The first kappa shape index (κ1) is 16.1. The average molecular weight is 321 g/mol. The number of halogens is 1. The van der Waals surface area contributed by atoms with E-state index in [0.29, 0.717) is 23.9 Å². The van der Waals surface area contributed by atoms with Gasteiger partial charge in [-0.2, -0.15) is 0 Å². The highest BCUT2D eigenvalue weighted by Crippen LogP contribution is 2.20. The van der Waals surface area contributed by atoms with Crippen LogP contribution in [0.15, 0.2) is 36.5 Å². The van der Waals surface area contributed by atoms with Crippen LogP contribution in [0.2, 0.25) is 5.02 Å². The van der Waals surface area contributed by atoms with Gasteiger partial charge in [0.05, 0.1) is 13.2 Å². The molecule has 0 bridgehead atoms. The fourth-order valence-electron chi connectivity index (χ4n) is 2.05. The van der Waals surface area contributed by atoms with Crippen molar-refractivity contribution < 1.29 is 14.3 Å². The first-order chi connectivity index (χ1) is 10.5. The number of hydrogen-bond acceptors (Lipinski definition) is 3. The molecule has 1 heterocycles.